The van der Waals surface area contributed by atoms with E-state index in [-0.39, 0.29) is 5.97 Å². The molecule has 0 saturated carbocycles. The van der Waals surface area contributed by atoms with E-state index in [1.54, 1.807) is 0 Å². The van der Waals surface area contributed by atoms with Gasteiger partial charge in [0.15, 0.2) is 0 Å². The smallest absolute Gasteiger partial charge is 0.326 e. The number of hydrogen-bond acceptors (Lipinski definition) is 5. The van der Waals surface area contributed by atoms with Gasteiger partial charge in [0, 0.05) is 12.6 Å². The van der Waals surface area contributed by atoms with Crippen LogP contribution in [0.3, 0.4) is 0 Å². The van der Waals surface area contributed by atoms with Crippen molar-refractivity contribution in [3.63, 3.8) is 0 Å². The molecule has 1 rings (SSSR count). The summed E-state index contributed by atoms with van der Waals surface area (Å²) in [6.45, 7) is 13.0. The monoisotopic (exact) mass is 300 g/mol. The van der Waals surface area contributed by atoms with Gasteiger partial charge < -0.3 is 14.8 Å². The lowest BCUT2D eigenvalue weighted by atomic mass is 9.94. The number of unbranched alkanes of at least 4 members (excludes halogenated alkanes) is 1. The maximum Gasteiger partial charge on any atom is 0.326 e. The Morgan fingerprint density at radius 2 is 2.19 bits per heavy atom. The summed E-state index contributed by atoms with van der Waals surface area (Å²) in [5.74, 6) is -0.133. The van der Waals surface area contributed by atoms with E-state index in [0.717, 1.165) is 52.1 Å². The second-order valence-corrected chi connectivity index (χ2v) is 6.00. The number of nitrogens with zero attached hydrogens (tertiary/aromatic N) is 1. The Morgan fingerprint density at radius 1 is 1.43 bits per heavy atom. The van der Waals surface area contributed by atoms with Crippen molar-refractivity contribution in [1.82, 2.24) is 10.2 Å². The molecule has 124 valence electrons. The fraction of sp³-hybridized carbons (Fsp3) is 0.938. The number of esters is 1. The van der Waals surface area contributed by atoms with Crippen LogP contribution in [0.4, 0.5) is 0 Å². The molecule has 5 nitrogen and oxygen atoms in total. The minimum atomic E-state index is -0.554. The molecular weight excluding hydrogens is 268 g/mol. The van der Waals surface area contributed by atoms with Crippen molar-refractivity contribution in [2.45, 2.75) is 58.5 Å². The molecule has 1 aliphatic rings. The highest BCUT2D eigenvalue weighted by atomic mass is 16.5. The average Bonchev–Trinajstić information content (AvgIpc) is 2.46. The molecule has 0 amide bonds. The predicted molar refractivity (Wildman–Crippen MR) is 84.4 cm³/mol. The topological polar surface area (TPSA) is 50.8 Å². The van der Waals surface area contributed by atoms with Crippen LogP contribution in [0.2, 0.25) is 0 Å². The van der Waals surface area contributed by atoms with Gasteiger partial charge in [-0.1, -0.05) is 6.92 Å². The summed E-state index contributed by atoms with van der Waals surface area (Å²) in [7, 11) is 0. The summed E-state index contributed by atoms with van der Waals surface area (Å²) in [5, 5.41) is 3.28. The van der Waals surface area contributed by atoms with Gasteiger partial charge in [-0.2, -0.15) is 0 Å². The van der Waals surface area contributed by atoms with Gasteiger partial charge in [0.25, 0.3) is 0 Å². The highest BCUT2D eigenvalue weighted by Gasteiger charge is 2.33. The second kappa shape index (κ2) is 9.38. The molecule has 0 aromatic rings. The molecule has 0 aromatic carbocycles. The summed E-state index contributed by atoms with van der Waals surface area (Å²) in [6.07, 6.45) is 2.94. The highest BCUT2D eigenvalue weighted by Crippen LogP contribution is 2.17. The van der Waals surface area contributed by atoms with Gasteiger partial charge in [0.2, 0.25) is 0 Å². The molecule has 1 heterocycles. The summed E-state index contributed by atoms with van der Waals surface area (Å²) in [6, 6.07) is 0.504. The maximum absolute atomic E-state index is 12.1. The van der Waals surface area contributed by atoms with E-state index in [2.05, 4.69) is 17.1 Å². The summed E-state index contributed by atoms with van der Waals surface area (Å²) < 4.78 is 10.6. The van der Waals surface area contributed by atoms with Crippen LogP contribution in [0.15, 0.2) is 0 Å². The molecule has 5 heteroatoms. The van der Waals surface area contributed by atoms with Crippen molar-refractivity contribution in [3.05, 3.63) is 0 Å². The molecule has 1 N–H and O–H groups in total. The molecular formula is C16H32N2O3. The van der Waals surface area contributed by atoms with Crippen molar-refractivity contribution < 1.29 is 14.3 Å². The first-order valence-corrected chi connectivity index (χ1v) is 8.27. The standard InChI is InChI=1S/C16H32N2O3/c1-5-17-16(4,15(19)21-6-2)9-7-8-10-18-11-12-20-13-14(18)3/h14,17H,5-13H2,1-4H3. The third kappa shape index (κ3) is 5.93. The van der Waals surface area contributed by atoms with E-state index in [1.165, 1.54) is 0 Å². The Hall–Kier alpha value is -0.650. The van der Waals surface area contributed by atoms with Gasteiger partial charge in [-0.05, 0) is 53.1 Å². The van der Waals surface area contributed by atoms with Crippen molar-refractivity contribution in [1.29, 1.82) is 0 Å². The number of morpholine rings is 1. The first-order valence-electron chi connectivity index (χ1n) is 8.27. The van der Waals surface area contributed by atoms with E-state index in [0.29, 0.717) is 12.6 Å². The predicted octanol–water partition coefficient (Wildman–Crippen LogP) is 1.81. The van der Waals surface area contributed by atoms with Crippen molar-refractivity contribution in [2.24, 2.45) is 0 Å². The van der Waals surface area contributed by atoms with Gasteiger partial charge >= 0.3 is 5.97 Å². The number of carbonyl (C=O) groups is 1. The van der Waals surface area contributed by atoms with E-state index in [1.807, 2.05) is 20.8 Å². The normalized spacial score (nSPS) is 22.8. The zero-order valence-electron chi connectivity index (χ0n) is 14.1. The number of rotatable bonds is 9. The Balaban J connectivity index is 2.34. The molecule has 1 saturated heterocycles. The van der Waals surface area contributed by atoms with Crippen molar-refractivity contribution >= 4 is 5.97 Å². The number of nitrogens with one attached hydrogen (secondary N) is 1. The lowest BCUT2D eigenvalue weighted by Crippen LogP contribution is -2.50. The zero-order chi connectivity index (χ0) is 15.7. The zero-order valence-corrected chi connectivity index (χ0v) is 14.1. The SMILES string of the molecule is CCNC(C)(CCCCN1CCOCC1C)C(=O)OCC. The summed E-state index contributed by atoms with van der Waals surface area (Å²) in [4.78, 5) is 14.6. The number of carbonyl (C=O) groups excluding carboxylic acids is 1. The Bertz CT molecular complexity index is 312. The average molecular weight is 300 g/mol. The number of likely N-dealkylation sites (N-methyl/N-ethyl adjacent to an activating group) is 1. The van der Waals surface area contributed by atoms with Crippen molar-refractivity contribution in [3.8, 4) is 0 Å². The Morgan fingerprint density at radius 3 is 2.81 bits per heavy atom. The molecule has 2 atom stereocenters. The lowest BCUT2D eigenvalue weighted by molar-refractivity contribution is -0.150. The molecule has 0 aliphatic carbocycles. The molecule has 0 aromatic heterocycles. The maximum atomic E-state index is 12.1. The minimum Gasteiger partial charge on any atom is -0.465 e. The second-order valence-electron chi connectivity index (χ2n) is 6.00. The largest absolute Gasteiger partial charge is 0.465 e. The highest BCUT2D eigenvalue weighted by molar-refractivity contribution is 5.80. The van der Waals surface area contributed by atoms with E-state index >= 15 is 0 Å². The fourth-order valence-corrected chi connectivity index (χ4v) is 2.83. The molecule has 1 fully saturated rings. The van der Waals surface area contributed by atoms with Crippen LogP contribution in [-0.2, 0) is 14.3 Å². The van der Waals surface area contributed by atoms with Gasteiger partial charge in [-0.3, -0.25) is 9.69 Å². The third-order valence-corrected chi connectivity index (χ3v) is 4.17. The van der Waals surface area contributed by atoms with E-state index in [9.17, 15) is 4.79 Å². The Kier molecular flexibility index (Phi) is 8.22. The Labute approximate surface area is 129 Å². The van der Waals surface area contributed by atoms with Crippen molar-refractivity contribution in [2.75, 3.05) is 39.5 Å². The van der Waals surface area contributed by atoms with Crippen LogP contribution in [-0.4, -0.2) is 61.9 Å². The first kappa shape index (κ1) is 18.4. The van der Waals surface area contributed by atoms with Crippen LogP contribution in [0.25, 0.3) is 0 Å². The summed E-state index contributed by atoms with van der Waals surface area (Å²) >= 11 is 0. The van der Waals surface area contributed by atoms with Crippen LogP contribution >= 0.6 is 0 Å². The molecule has 0 spiro atoms. The quantitative estimate of drug-likeness (QED) is 0.520. The molecule has 21 heavy (non-hydrogen) atoms. The van der Waals surface area contributed by atoms with Gasteiger partial charge in [0.05, 0.1) is 19.8 Å². The van der Waals surface area contributed by atoms with Gasteiger partial charge in [-0.15, -0.1) is 0 Å². The molecule has 0 bridgehead atoms. The third-order valence-electron chi connectivity index (χ3n) is 4.17. The number of hydrogen-bond donors (Lipinski definition) is 1. The fourth-order valence-electron chi connectivity index (χ4n) is 2.83. The minimum absolute atomic E-state index is 0.133. The first-order chi connectivity index (χ1) is 10.0. The van der Waals surface area contributed by atoms with Gasteiger partial charge in [-0.25, -0.2) is 0 Å². The van der Waals surface area contributed by atoms with E-state index in [4.69, 9.17) is 9.47 Å². The number of ether oxygens (including phenoxy) is 2. The summed E-state index contributed by atoms with van der Waals surface area (Å²) in [5.41, 5.74) is -0.554. The van der Waals surface area contributed by atoms with Crippen LogP contribution in [0.1, 0.15) is 47.0 Å². The van der Waals surface area contributed by atoms with Crippen LogP contribution in [0.5, 0.6) is 0 Å². The van der Waals surface area contributed by atoms with Gasteiger partial charge in [0.1, 0.15) is 5.54 Å². The van der Waals surface area contributed by atoms with Crippen LogP contribution < -0.4 is 5.32 Å². The molecule has 2 unspecified atom stereocenters. The van der Waals surface area contributed by atoms with E-state index < -0.39 is 5.54 Å². The molecule has 0 radical (unpaired) electrons. The molecule has 1 aliphatic heterocycles. The lowest BCUT2D eigenvalue weighted by Gasteiger charge is -2.33. The van der Waals surface area contributed by atoms with Crippen LogP contribution in [0, 0.1) is 0 Å².